The van der Waals surface area contributed by atoms with Gasteiger partial charge in [0.05, 0.1) is 18.3 Å². The first-order chi connectivity index (χ1) is 10.9. The number of nitrogens with zero attached hydrogens (tertiary/aromatic N) is 3. The summed E-state index contributed by atoms with van der Waals surface area (Å²) in [5, 5.41) is 3.34. The van der Waals surface area contributed by atoms with Crippen molar-refractivity contribution in [1.82, 2.24) is 14.9 Å². The molecule has 1 aliphatic rings. The molecule has 0 aliphatic carbocycles. The van der Waals surface area contributed by atoms with Crippen molar-refractivity contribution < 1.29 is 4.79 Å². The summed E-state index contributed by atoms with van der Waals surface area (Å²) in [6.45, 7) is 8.01. The van der Waals surface area contributed by atoms with E-state index < -0.39 is 6.04 Å². The maximum absolute atomic E-state index is 12.4. The van der Waals surface area contributed by atoms with Crippen molar-refractivity contribution >= 4 is 17.7 Å². The molecule has 23 heavy (non-hydrogen) atoms. The van der Waals surface area contributed by atoms with E-state index in [0.29, 0.717) is 13.1 Å². The van der Waals surface area contributed by atoms with Crippen molar-refractivity contribution in [2.24, 2.45) is 11.7 Å². The first-order valence-corrected chi connectivity index (χ1v) is 8.37. The van der Waals surface area contributed by atoms with Gasteiger partial charge >= 0.3 is 0 Å². The molecule has 0 saturated carbocycles. The van der Waals surface area contributed by atoms with E-state index >= 15 is 0 Å². The van der Waals surface area contributed by atoms with Crippen molar-refractivity contribution in [3.8, 4) is 0 Å². The number of hydrogen-bond donors (Lipinski definition) is 3. The van der Waals surface area contributed by atoms with Crippen molar-refractivity contribution in [1.29, 1.82) is 0 Å². The Labute approximate surface area is 137 Å². The molecule has 7 nitrogen and oxygen atoms in total. The number of anilines is 2. The van der Waals surface area contributed by atoms with E-state index in [4.69, 9.17) is 11.5 Å². The molecule has 5 N–H and O–H groups in total. The first kappa shape index (κ1) is 17.5. The molecule has 0 bridgehead atoms. The molecule has 0 radical (unpaired) electrons. The Bertz CT molecular complexity index is 560. The van der Waals surface area contributed by atoms with E-state index in [1.54, 1.807) is 4.90 Å². The van der Waals surface area contributed by atoms with Crippen LogP contribution in [0.4, 0.5) is 11.8 Å². The van der Waals surface area contributed by atoms with Gasteiger partial charge in [-0.1, -0.05) is 27.2 Å². The Morgan fingerprint density at radius 3 is 2.78 bits per heavy atom. The Kier molecular flexibility index (Phi) is 5.76. The number of amides is 1. The van der Waals surface area contributed by atoms with Gasteiger partial charge in [0.1, 0.15) is 5.82 Å². The molecule has 7 heteroatoms. The van der Waals surface area contributed by atoms with E-state index in [9.17, 15) is 4.79 Å². The number of nitrogens with one attached hydrogen (secondary N) is 1. The second-order valence-electron chi connectivity index (χ2n) is 6.42. The SMILES string of the molecule is CCCCNc1nc(N)nc2c1CCN(C(=O)C(N)C(C)C)C2. The highest BCUT2D eigenvalue weighted by molar-refractivity contribution is 5.82. The molecule has 0 spiro atoms. The average molecular weight is 320 g/mol. The lowest BCUT2D eigenvalue weighted by Gasteiger charge is -2.32. The number of aromatic nitrogens is 2. The summed E-state index contributed by atoms with van der Waals surface area (Å²) in [6, 6.07) is -0.474. The van der Waals surface area contributed by atoms with Crippen LogP contribution in [0.2, 0.25) is 0 Å². The number of rotatable bonds is 6. The highest BCUT2D eigenvalue weighted by Gasteiger charge is 2.29. The van der Waals surface area contributed by atoms with Crippen molar-refractivity contribution in [3.63, 3.8) is 0 Å². The summed E-state index contributed by atoms with van der Waals surface area (Å²) in [5.41, 5.74) is 13.7. The third kappa shape index (κ3) is 4.10. The predicted octanol–water partition coefficient (Wildman–Crippen LogP) is 1.14. The summed E-state index contributed by atoms with van der Waals surface area (Å²) in [4.78, 5) is 22.9. The van der Waals surface area contributed by atoms with Gasteiger partial charge < -0.3 is 21.7 Å². The first-order valence-electron chi connectivity index (χ1n) is 8.37. The van der Waals surface area contributed by atoms with Gasteiger partial charge in [-0.05, 0) is 18.8 Å². The number of nitrogen functional groups attached to an aromatic ring is 1. The molecular formula is C16H28N6O. The molecule has 1 atom stereocenters. The fourth-order valence-corrected chi connectivity index (χ4v) is 2.66. The average Bonchev–Trinajstić information content (AvgIpc) is 2.52. The van der Waals surface area contributed by atoms with Gasteiger partial charge in [0, 0.05) is 18.7 Å². The number of unbranched alkanes of at least 4 members (excludes halogenated alkanes) is 1. The summed E-state index contributed by atoms with van der Waals surface area (Å²) in [7, 11) is 0. The van der Waals surface area contributed by atoms with Crippen molar-refractivity contribution in [2.75, 3.05) is 24.1 Å². The minimum atomic E-state index is -0.474. The third-order valence-corrected chi connectivity index (χ3v) is 4.22. The van der Waals surface area contributed by atoms with Crippen LogP contribution in [0.3, 0.4) is 0 Å². The normalized spacial score (nSPS) is 15.4. The Balaban J connectivity index is 2.16. The zero-order valence-electron chi connectivity index (χ0n) is 14.3. The summed E-state index contributed by atoms with van der Waals surface area (Å²) < 4.78 is 0. The van der Waals surface area contributed by atoms with Crippen LogP contribution >= 0.6 is 0 Å². The summed E-state index contributed by atoms with van der Waals surface area (Å²) in [5.74, 6) is 1.14. The number of nitrogens with two attached hydrogens (primary N) is 2. The Hall–Kier alpha value is -1.89. The summed E-state index contributed by atoms with van der Waals surface area (Å²) >= 11 is 0. The largest absolute Gasteiger partial charge is 0.370 e. The molecule has 0 aromatic carbocycles. The lowest BCUT2D eigenvalue weighted by Crippen LogP contribution is -2.48. The van der Waals surface area contributed by atoms with E-state index in [2.05, 4.69) is 22.2 Å². The third-order valence-electron chi connectivity index (χ3n) is 4.22. The van der Waals surface area contributed by atoms with Crippen LogP contribution < -0.4 is 16.8 Å². The van der Waals surface area contributed by atoms with E-state index in [-0.39, 0.29) is 17.8 Å². The number of fused-ring (bicyclic) bond motifs is 1. The smallest absolute Gasteiger partial charge is 0.240 e. The van der Waals surface area contributed by atoms with Gasteiger partial charge in [0.25, 0.3) is 0 Å². The number of hydrogen-bond acceptors (Lipinski definition) is 6. The van der Waals surface area contributed by atoms with Gasteiger partial charge in [-0.25, -0.2) is 4.98 Å². The second kappa shape index (κ2) is 7.59. The maximum Gasteiger partial charge on any atom is 0.240 e. The van der Waals surface area contributed by atoms with Crippen LogP contribution in [0.15, 0.2) is 0 Å². The number of carbonyl (C=O) groups excluding carboxylic acids is 1. The monoisotopic (exact) mass is 320 g/mol. The maximum atomic E-state index is 12.4. The van der Waals surface area contributed by atoms with Gasteiger partial charge in [0.2, 0.25) is 11.9 Å². The van der Waals surface area contributed by atoms with Crippen LogP contribution in [0.5, 0.6) is 0 Å². The van der Waals surface area contributed by atoms with Crippen LogP contribution in [-0.4, -0.2) is 39.9 Å². The molecule has 2 heterocycles. The zero-order valence-corrected chi connectivity index (χ0v) is 14.3. The molecule has 1 aromatic heterocycles. The number of carbonyl (C=O) groups is 1. The molecule has 1 unspecified atom stereocenters. The van der Waals surface area contributed by atoms with Crippen molar-refractivity contribution in [3.05, 3.63) is 11.3 Å². The Morgan fingerprint density at radius 2 is 2.13 bits per heavy atom. The van der Waals surface area contributed by atoms with Crippen LogP contribution in [0.1, 0.15) is 44.9 Å². The van der Waals surface area contributed by atoms with Gasteiger partial charge in [-0.2, -0.15) is 4.98 Å². The van der Waals surface area contributed by atoms with Crippen LogP contribution in [-0.2, 0) is 17.8 Å². The van der Waals surface area contributed by atoms with E-state index in [1.807, 2.05) is 13.8 Å². The Morgan fingerprint density at radius 1 is 1.39 bits per heavy atom. The molecular weight excluding hydrogens is 292 g/mol. The fourth-order valence-electron chi connectivity index (χ4n) is 2.66. The van der Waals surface area contributed by atoms with Crippen LogP contribution in [0, 0.1) is 5.92 Å². The van der Waals surface area contributed by atoms with Gasteiger partial charge in [0.15, 0.2) is 0 Å². The minimum Gasteiger partial charge on any atom is -0.370 e. The zero-order chi connectivity index (χ0) is 17.0. The highest BCUT2D eigenvalue weighted by Crippen LogP contribution is 2.25. The van der Waals surface area contributed by atoms with Crippen LogP contribution in [0.25, 0.3) is 0 Å². The van der Waals surface area contributed by atoms with Crippen molar-refractivity contribution in [2.45, 2.75) is 52.6 Å². The fraction of sp³-hybridized carbons (Fsp3) is 0.688. The quantitative estimate of drug-likeness (QED) is 0.678. The lowest BCUT2D eigenvalue weighted by molar-refractivity contribution is -0.134. The topological polar surface area (TPSA) is 110 Å². The van der Waals surface area contributed by atoms with Gasteiger partial charge in [-0.3, -0.25) is 4.79 Å². The molecule has 1 aliphatic heterocycles. The van der Waals surface area contributed by atoms with E-state index in [1.165, 1.54) is 0 Å². The molecule has 2 rings (SSSR count). The molecule has 0 fully saturated rings. The molecule has 1 aromatic rings. The predicted molar refractivity (Wildman–Crippen MR) is 91.8 cm³/mol. The minimum absolute atomic E-state index is 0.0247. The second-order valence-corrected chi connectivity index (χ2v) is 6.42. The van der Waals surface area contributed by atoms with E-state index in [0.717, 1.165) is 42.9 Å². The summed E-state index contributed by atoms with van der Waals surface area (Å²) in [6.07, 6.45) is 2.91. The van der Waals surface area contributed by atoms with Gasteiger partial charge in [-0.15, -0.1) is 0 Å². The standard InChI is InChI=1S/C16H28N6O/c1-4-5-7-19-14-11-6-8-22(15(23)13(17)10(2)3)9-12(11)20-16(18)21-14/h10,13H,4-9,17H2,1-3H3,(H3,18,19,20,21). The molecule has 0 saturated heterocycles. The molecule has 128 valence electrons. The molecule has 1 amide bonds. The highest BCUT2D eigenvalue weighted by atomic mass is 16.2. The lowest BCUT2D eigenvalue weighted by atomic mass is 10.0.